The molecule has 0 N–H and O–H groups in total. The number of ether oxygens (including phenoxy) is 1. The van der Waals surface area contributed by atoms with Crippen LogP contribution in [0, 0.1) is 10.1 Å². The minimum absolute atomic E-state index is 0.0174. The van der Waals surface area contributed by atoms with Gasteiger partial charge < -0.3 is 9.64 Å². The second-order valence-electron chi connectivity index (χ2n) is 6.94. The van der Waals surface area contributed by atoms with Gasteiger partial charge in [-0.1, -0.05) is 25.2 Å². The summed E-state index contributed by atoms with van der Waals surface area (Å²) in [6.07, 6.45) is 0. The van der Waals surface area contributed by atoms with Crippen molar-refractivity contribution in [3.05, 3.63) is 52.6 Å². The van der Waals surface area contributed by atoms with Crippen molar-refractivity contribution in [1.82, 2.24) is 9.88 Å². The molecule has 0 aliphatic rings. The third-order valence-corrected chi connectivity index (χ3v) is 7.10. The van der Waals surface area contributed by atoms with E-state index in [1.54, 1.807) is 18.1 Å². The first-order chi connectivity index (χ1) is 15.4. The van der Waals surface area contributed by atoms with Crippen LogP contribution >= 0.6 is 23.1 Å². The highest BCUT2D eigenvalue weighted by Gasteiger charge is 2.21. The third-order valence-electron chi connectivity index (χ3n) is 5.06. The van der Waals surface area contributed by atoms with E-state index < -0.39 is 4.92 Å². The molecule has 10 heteroatoms. The molecule has 0 saturated carbocycles. The second-order valence-corrected chi connectivity index (χ2v) is 9.00. The molecule has 0 atom stereocenters. The van der Waals surface area contributed by atoms with Crippen molar-refractivity contribution in [3.63, 3.8) is 0 Å². The van der Waals surface area contributed by atoms with E-state index in [-0.39, 0.29) is 17.3 Å². The third kappa shape index (κ3) is 5.96. The maximum Gasteiger partial charge on any atom is 0.270 e. The van der Waals surface area contributed by atoms with Gasteiger partial charge in [0.15, 0.2) is 5.13 Å². The molecular formula is C22H26N4O4S2. The highest BCUT2D eigenvalue weighted by atomic mass is 32.2. The van der Waals surface area contributed by atoms with Gasteiger partial charge in [0.25, 0.3) is 5.69 Å². The van der Waals surface area contributed by atoms with Gasteiger partial charge in [-0.05, 0) is 43.4 Å². The van der Waals surface area contributed by atoms with E-state index in [0.717, 1.165) is 30.3 Å². The number of carbonyl (C=O) groups excluding carboxylic acids is 1. The fraction of sp³-hybridized carbons (Fsp3) is 0.364. The van der Waals surface area contributed by atoms with Gasteiger partial charge in [0.2, 0.25) is 5.91 Å². The summed E-state index contributed by atoms with van der Waals surface area (Å²) in [5.74, 6) is 0.984. The lowest BCUT2D eigenvalue weighted by molar-refractivity contribution is -0.384. The number of nitro groups is 1. The molecule has 1 aromatic heterocycles. The van der Waals surface area contributed by atoms with Crippen LogP contribution in [-0.2, 0) is 4.79 Å². The molecule has 1 heterocycles. The predicted octanol–water partition coefficient (Wildman–Crippen LogP) is 4.68. The van der Waals surface area contributed by atoms with Gasteiger partial charge in [-0.2, -0.15) is 0 Å². The largest absolute Gasteiger partial charge is 0.497 e. The summed E-state index contributed by atoms with van der Waals surface area (Å²) in [7, 11) is 1.62. The molecule has 0 spiro atoms. The number of carbonyl (C=O) groups is 1. The summed E-state index contributed by atoms with van der Waals surface area (Å²) in [6, 6.07) is 12.2. The number of amides is 1. The zero-order valence-electron chi connectivity index (χ0n) is 18.3. The monoisotopic (exact) mass is 474 g/mol. The molecule has 3 rings (SSSR count). The zero-order chi connectivity index (χ0) is 23.1. The molecule has 0 aliphatic heterocycles. The van der Waals surface area contributed by atoms with Crippen LogP contribution in [-0.4, -0.2) is 59.8 Å². The van der Waals surface area contributed by atoms with Crippen molar-refractivity contribution >= 4 is 50.0 Å². The lowest BCUT2D eigenvalue weighted by Gasteiger charge is -2.24. The molecule has 1 amide bonds. The van der Waals surface area contributed by atoms with Crippen molar-refractivity contribution in [1.29, 1.82) is 0 Å². The summed E-state index contributed by atoms with van der Waals surface area (Å²) in [4.78, 5) is 33.4. The molecule has 0 radical (unpaired) electrons. The Bertz CT molecular complexity index is 1070. The molecule has 170 valence electrons. The minimum Gasteiger partial charge on any atom is -0.497 e. The number of fused-ring (bicyclic) bond motifs is 1. The molecule has 0 unspecified atom stereocenters. The van der Waals surface area contributed by atoms with Gasteiger partial charge in [0, 0.05) is 30.1 Å². The van der Waals surface area contributed by atoms with Gasteiger partial charge in [-0.15, -0.1) is 11.8 Å². The van der Waals surface area contributed by atoms with E-state index in [1.807, 2.05) is 24.3 Å². The van der Waals surface area contributed by atoms with Crippen molar-refractivity contribution in [2.24, 2.45) is 0 Å². The maximum absolute atomic E-state index is 13.2. The highest BCUT2D eigenvalue weighted by molar-refractivity contribution is 8.00. The minimum atomic E-state index is -0.423. The van der Waals surface area contributed by atoms with Gasteiger partial charge in [0.05, 0.1) is 28.0 Å². The number of methoxy groups -OCH3 is 1. The van der Waals surface area contributed by atoms with Crippen LogP contribution in [0.1, 0.15) is 13.8 Å². The standard InChI is InChI=1S/C22H26N4O4S2/c1-4-24(5-2)12-13-25(21(27)15-31-18-9-7-17(30-3)8-10-18)22-23-19-11-6-16(26(28)29)14-20(19)32-22/h6-11,14H,4-5,12-13,15H2,1-3H3. The van der Waals surface area contributed by atoms with Crippen LogP contribution in [0.25, 0.3) is 10.2 Å². The van der Waals surface area contributed by atoms with Gasteiger partial charge in [-0.25, -0.2) is 4.98 Å². The van der Waals surface area contributed by atoms with E-state index in [0.29, 0.717) is 21.9 Å². The Morgan fingerprint density at radius 2 is 1.88 bits per heavy atom. The first-order valence-corrected chi connectivity index (χ1v) is 12.1. The number of likely N-dealkylation sites (N-methyl/N-ethyl adjacent to an activating group) is 1. The molecule has 0 saturated heterocycles. The van der Waals surface area contributed by atoms with Crippen LogP contribution in [0.3, 0.4) is 0 Å². The maximum atomic E-state index is 13.2. The molecule has 32 heavy (non-hydrogen) atoms. The van der Waals surface area contributed by atoms with E-state index in [1.165, 1.54) is 35.2 Å². The van der Waals surface area contributed by atoms with Crippen LogP contribution in [0.5, 0.6) is 5.75 Å². The number of nitrogens with zero attached hydrogens (tertiary/aromatic N) is 4. The Morgan fingerprint density at radius 3 is 2.50 bits per heavy atom. The lowest BCUT2D eigenvalue weighted by Crippen LogP contribution is -2.39. The van der Waals surface area contributed by atoms with Gasteiger partial charge in [-0.3, -0.25) is 19.8 Å². The summed E-state index contributed by atoms with van der Waals surface area (Å²) in [5.41, 5.74) is 0.669. The number of rotatable bonds is 11. The summed E-state index contributed by atoms with van der Waals surface area (Å²) >= 11 is 2.76. The number of thiazole rings is 1. The Morgan fingerprint density at radius 1 is 1.16 bits per heavy atom. The summed E-state index contributed by atoms with van der Waals surface area (Å²) in [5, 5.41) is 11.7. The van der Waals surface area contributed by atoms with Crippen LogP contribution in [0.2, 0.25) is 0 Å². The quantitative estimate of drug-likeness (QED) is 0.226. The average Bonchev–Trinajstić information content (AvgIpc) is 3.23. The SMILES string of the molecule is CCN(CC)CCN(C(=O)CSc1ccc(OC)cc1)c1nc2ccc([N+](=O)[O-])cc2s1. The summed E-state index contributed by atoms with van der Waals surface area (Å²) in [6.45, 7) is 7.20. The number of thioether (sulfide) groups is 1. The molecule has 2 aromatic carbocycles. The number of aromatic nitrogens is 1. The molecular weight excluding hydrogens is 448 g/mol. The normalized spacial score (nSPS) is 11.1. The fourth-order valence-corrected chi connectivity index (χ4v) is 4.95. The predicted molar refractivity (Wildman–Crippen MR) is 130 cm³/mol. The van der Waals surface area contributed by atoms with E-state index >= 15 is 0 Å². The number of benzene rings is 2. The summed E-state index contributed by atoms with van der Waals surface area (Å²) < 4.78 is 5.87. The topological polar surface area (TPSA) is 88.8 Å². The number of non-ortho nitro benzene ring substituents is 1. The molecule has 0 aliphatic carbocycles. The number of hydrogen-bond acceptors (Lipinski definition) is 8. The van der Waals surface area contributed by atoms with Crippen LogP contribution in [0.4, 0.5) is 10.8 Å². The van der Waals surface area contributed by atoms with Crippen molar-refractivity contribution in [2.45, 2.75) is 18.7 Å². The molecule has 0 fully saturated rings. The second kappa shape index (κ2) is 11.3. The van der Waals surface area contributed by atoms with Crippen molar-refractivity contribution in [2.75, 3.05) is 43.9 Å². The Hall–Kier alpha value is -2.69. The zero-order valence-corrected chi connectivity index (χ0v) is 19.9. The average molecular weight is 475 g/mol. The van der Waals surface area contributed by atoms with E-state index in [2.05, 4.69) is 23.7 Å². The Labute approximate surface area is 195 Å². The molecule has 3 aromatic rings. The first kappa shape index (κ1) is 24.0. The van der Waals surface area contributed by atoms with Crippen molar-refractivity contribution < 1.29 is 14.5 Å². The number of hydrogen-bond donors (Lipinski definition) is 0. The smallest absolute Gasteiger partial charge is 0.270 e. The highest BCUT2D eigenvalue weighted by Crippen LogP contribution is 2.32. The van der Waals surface area contributed by atoms with Crippen molar-refractivity contribution in [3.8, 4) is 5.75 Å². The molecule has 0 bridgehead atoms. The Balaban J connectivity index is 1.80. The lowest BCUT2D eigenvalue weighted by atomic mass is 10.3. The van der Waals surface area contributed by atoms with Gasteiger partial charge in [0.1, 0.15) is 5.75 Å². The fourth-order valence-electron chi connectivity index (χ4n) is 3.13. The van der Waals surface area contributed by atoms with Crippen LogP contribution in [0.15, 0.2) is 47.4 Å². The number of nitro benzene ring substituents is 1. The van der Waals surface area contributed by atoms with E-state index in [4.69, 9.17) is 4.74 Å². The van der Waals surface area contributed by atoms with Gasteiger partial charge >= 0.3 is 0 Å². The molecule has 8 nitrogen and oxygen atoms in total. The van der Waals surface area contributed by atoms with E-state index in [9.17, 15) is 14.9 Å². The van der Waals surface area contributed by atoms with Crippen LogP contribution < -0.4 is 9.64 Å². The first-order valence-electron chi connectivity index (χ1n) is 10.3. The number of anilines is 1. The Kier molecular flexibility index (Phi) is 8.43.